The predicted molar refractivity (Wildman–Crippen MR) is 199 cm³/mol. The monoisotopic (exact) mass is 974 g/mol. The largest absolute Gasteiger partial charge is 0.397 e. The van der Waals surface area contributed by atoms with Crippen molar-refractivity contribution in [3.8, 4) is 0 Å². The molecule has 0 unspecified atom stereocenters. The van der Waals surface area contributed by atoms with E-state index in [-0.39, 0.29) is 0 Å². The molecule has 0 spiro atoms. The van der Waals surface area contributed by atoms with E-state index in [4.69, 9.17) is 47.2 Å². The average Bonchev–Trinajstić information content (AvgIpc) is 3.23. The van der Waals surface area contributed by atoms with Crippen molar-refractivity contribution in [2.45, 2.75) is 174 Å². The number of aliphatic hydroxyl groups excluding tert-OH is 13. The highest BCUT2D eigenvalue weighted by molar-refractivity contribution is 7.80. The lowest BCUT2D eigenvalue weighted by molar-refractivity contribution is -0.401. The Bertz CT molecular complexity index is 1670. The van der Waals surface area contributed by atoms with Crippen LogP contribution in [0.3, 0.4) is 0 Å². The van der Waals surface area contributed by atoms with Crippen LogP contribution in [-0.2, 0) is 66.8 Å². The summed E-state index contributed by atoms with van der Waals surface area (Å²) in [5.41, 5.74) is 0. The maximum absolute atomic E-state index is 12.4. The molecule has 5 heterocycles. The lowest BCUT2D eigenvalue weighted by Crippen LogP contribution is -2.70. The summed E-state index contributed by atoms with van der Waals surface area (Å²) in [6.07, 6.45) is -43.7. The Hall–Kier alpha value is -2.07. The second-order valence-electron chi connectivity index (χ2n) is 16.0. The number of carbonyl (C=O) groups is 2. The van der Waals surface area contributed by atoms with Gasteiger partial charge >= 0.3 is 10.4 Å². The van der Waals surface area contributed by atoms with Gasteiger partial charge in [-0.05, 0) is 6.92 Å². The molecular formula is C34H58N2O28S. The van der Waals surface area contributed by atoms with Gasteiger partial charge in [0, 0.05) is 13.8 Å². The van der Waals surface area contributed by atoms with Crippen LogP contribution in [0.1, 0.15) is 20.8 Å². The fourth-order valence-corrected chi connectivity index (χ4v) is 8.09. The van der Waals surface area contributed by atoms with Crippen molar-refractivity contribution in [3.63, 3.8) is 0 Å². The molecule has 5 fully saturated rings. The second kappa shape index (κ2) is 22.6. The van der Waals surface area contributed by atoms with E-state index in [1.807, 2.05) is 0 Å². The lowest BCUT2D eigenvalue weighted by Gasteiger charge is -2.51. The molecule has 0 aromatic heterocycles. The molecule has 31 heteroatoms. The van der Waals surface area contributed by atoms with Crippen LogP contribution in [0.5, 0.6) is 0 Å². The molecule has 5 saturated heterocycles. The first kappa shape index (κ1) is 53.9. The minimum Gasteiger partial charge on any atom is -0.394 e. The zero-order valence-corrected chi connectivity index (χ0v) is 35.5. The van der Waals surface area contributed by atoms with E-state index in [0.717, 1.165) is 13.8 Å². The molecule has 5 aliphatic rings. The van der Waals surface area contributed by atoms with Crippen molar-refractivity contribution in [3.05, 3.63) is 0 Å². The van der Waals surface area contributed by atoms with Crippen LogP contribution in [0.4, 0.5) is 0 Å². The van der Waals surface area contributed by atoms with E-state index in [1.165, 1.54) is 6.92 Å². The van der Waals surface area contributed by atoms with Crippen molar-refractivity contribution >= 4 is 22.2 Å². The summed E-state index contributed by atoms with van der Waals surface area (Å²) in [5.74, 6) is -1.62. The van der Waals surface area contributed by atoms with Gasteiger partial charge < -0.3 is 120 Å². The average molecular weight is 975 g/mol. The van der Waals surface area contributed by atoms with E-state index in [9.17, 15) is 84.4 Å². The van der Waals surface area contributed by atoms with Crippen LogP contribution in [0.25, 0.3) is 0 Å². The molecule has 0 saturated carbocycles. The Morgan fingerprint density at radius 2 is 0.969 bits per heavy atom. The fourth-order valence-electron chi connectivity index (χ4n) is 7.79. The van der Waals surface area contributed by atoms with Gasteiger partial charge in [0.1, 0.15) is 116 Å². The Balaban J connectivity index is 1.48. The molecule has 25 atom stereocenters. The zero-order chi connectivity index (χ0) is 48.4. The third kappa shape index (κ3) is 12.6. The number of aliphatic hydroxyl groups is 13. The minimum absolute atomic E-state index is 0.780. The van der Waals surface area contributed by atoms with Gasteiger partial charge in [-0.15, -0.1) is 0 Å². The SMILES string of the molecule is CC(=O)N[C@@H]1[C@@H](O[C@@H]2O[C@H](CO)[C@H](O)[C@H](O[C@H]3O[C@H](CO)[C@H](O)[C@H](O)[C@H]3O)[C@H]2O[C@@H]2O[C@@H](C)[C@@H](O)[C@@H](O)[C@@H]2O)[C@@H](O)[C@@H](CO[C@@H]2O[C@H](COS(=O)(=O)O)[C@@H](O)[C@H](O)[C@H]2NC(C)=O)O[C@@H]1O. The van der Waals surface area contributed by atoms with Crippen molar-refractivity contribution in [1.82, 2.24) is 10.6 Å². The fraction of sp³-hybridized carbons (Fsp3) is 0.941. The van der Waals surface area contributed by atoms with Gasteiger partial charge in [-0.3, -0.25) is 14.1 Å². The Labute approximate surface area is 368 Å². The number of amides is 2. The maximum atomic E-state index is 12.4. The topological polar surface area (TPSA) is 468 Å². The van der Waals surface area contributed by atoms with E-state index in [0.29, 0.717) is 0 Å². The zero-order valence-electron chi connectivity index (χ0n) is 34.6. The van der Waals surface area contributed by atoms with Gasteiger partial charge in [0.05, 0.1) is 32.5 Å². The van der Waals surface area contributed by atoms with E-state index < -0.39 is 202 Å². The molecule has 378 valence electrons. The number of hydrogen-bond donors (Lipinski definition) is 16. The van der Waals surface area contributed by atoms with Crippen molar-refractivity contribution in [1.29, 1.82) is 0 Å². The molecular weight excluding hydrogens is 916 g/mol. The molecule has 65 heavy (non-hydrogen) atoms. The van der Waals surface area contributed by atoms with Crippen LogP contribution < -0.4 is 10.6 Å². The maximum Gasteiger partial charge on any atom is 0.397 e. The normalized spacial score (nSPS) is 47.5. The van der Waals surface area contributed by atoms with Gasteiger partial charge in [-0.25, -0.2) is 4.18 Å². The molecule has 0 bridgehead atoms. The van der Waals surface area contributed by atoms with Gasteiger partial charge in [0.2, 0.25) is 11.8 Å². The summed E-state index contributed by atoms with van der Waals surface area (Å²) in [6, 6.07) is -3.36. The highest BCUT2D eigenvalue weighted by atomic mass is 32.3. The van der Waals surface area contributed by atoms with Gasteiger partial charge in [-0.2, -0.15) is 8.42 Å². The number of ether oxygens (including phenoxy) is 9. The van der Waals surface area contributed by atoms with Crippen LogP contribution in [-0.4, -0.2) is 271 Å². The summed E-state index contributed by atoms with van der Waals surface area (Å²) < 4.78 is 87.4. The van der Waals surface area contributed by atoms with Crippen molar-refractivity contribution in [2.24, 2.45) is 0 Å². The van der Waals surface area contributed by atoms with Crippen LogP contribution in [0.15, 0.2) is 0 Å². The first-order valence-electron chi connectivity index (χ1n) is 20.1. The molecule has 30 nitrogen and oxygen atoms in total. The first-order valence-corrected chi connectivity index (χ1v) is 21.5. The number of hydrogen-bond acceptors (Lipinski definition) is 27. The smallest absolute Gasteiger partial charge is 0.394 e. The van der Waals surface area contributed by atoms with Crippen LogP contribution in [0, 0.1) is 0 Å². The molecule has 0 radical (unpaired) electrons. The quantitative estimate of drug-likeness (QED) is 0.0639. The Morgan fingerprint density at radius 1 is 0.508 bits per heavy atom. The summed E-state index contributed by atoms with van der Waals surface area (Å²) in [7, 11) is -5.09. The molecule has 16 N–H and O–H groups in total. The van der Waals surface area contributed by atoms with E-state index in [1.54, 1.807) is 0 Å². The number of rotatable bonds is 16. The van der Waals surface area contributed by atoms with E-state index >= 15 is 0 Å². The summed E-state index contributed by atoms with van der Waals surface area (Å²) in [6.45, 7) is -0.599. The molecule has 2 amide bonds. The Kier molecular flexibility index (Phi) is 18.7. The second-order valence-corrected chi connectivity index (χ2v) is 17.1. The first-order chi connectivity index (χ1) is 30.4. The molecule has 5 aliphatic heterocycles. The van der Waals surface area contributed by atoms with Crippen molar-refractivity contribution in [2.75, 3.05) is 26.4 Å². The predicted octanol–water partition coefficient (Wildman–Crippen LogP) is -10.8. The highest BCUT2D eigenvalue weighted by Gasteiger charge is 2.57. The van der Waals surface area contributed by atoms with Crippen LogP contribution in [0.2, 0.25) is 0 Å². The molecule has 0 aromatic carbocycles. The molecule has 0 aromatic rings. The number of nitrogens with one attached hydrogen (secondary N) is 2. The van der Waals surface area contributed by atoms with Crippen LogP contribution >= 0.6 is 0 Å². The highest BCUT2D eigenvalue weighted by Crippen LogP contribution is 2.36. The van der Waals surface area contributed by atoms with Gasteiger partial charge in [0.25, 0.3) is 0 Å². The Morgan fingerprint density at radius 3 is 1.55 bits per heavy atom. The molecule has 5 rings (SSSR count). The summed E-state index contributed by atoms with van der Waals surface area (Å²) in [5, 5.41) is 144. The minimum atomic E-state index is -5.09. The standard InChI is InChI=1S/C34H58N2O28S/c1-8-17(41)23(47)25(49)32(57-8)64-29-28(63-33-26(50)24(48)18(42)11(4-37)59-33)20(44)12(5-38)60-34(29)62-27-16(36-10(3)40)30(51)58-13(21(27)45)6-55-31-15(35-9(2)39)22(46)19(43)14(61-31)7-56-65(52,53)54/h8,11-34,37-38,41-51H,4-7H2,1-3H3,(H,35,39)(H,36,40)(H,52,53,54)/t8-,11+,12+,13+,14+,15+,16+,17+,18-,19+,20-,21-,22+,23+,24-,25-,26+,27+,28-,29+,30-,31+,32-,33+,34-/m0/s1. The third-order valence-corrected chi connectivity index (χ3v) is 11.7. The summed E-state index contributed by atoms with van der Waals surface area (Å²) in [4.78, 5) is 24.5. The van der Waals surface area contributed by atoms with Gasteiger partial charge in [-0.1, -0.05) is 0 Å². The summed E-state index contributed by atoms with van der Waals surface area (Å²) >= 11 is 0. The molecule has 0 aliphatic carbocycles. The lowest BCUT2D eigenvalue weighted by atomic mass is 9.94. The van der Waals surface area contributed by atoms with E-state index in [2.05, 4.69) is 14.8 Å². The third-order valence-electron chi connectivity index (χ3n) is 11.3. The van der Waals surface area contributed by atoms with Gasteiger partial charge in [0.15, 0.2) is 31.5 Å². The van der Waals surface area contributed by atoms with Crippen molar-refractivity contribution < 1.29 is 136 Å². The number of carbonyl (C=O) groups excluding carboxylic acids is 2.